The Morgan fingerprint density at radius 2 is 1.58 bits per heavy atom. The lowest BCUT2D eigenvalue weighted by Gasteiger charge is -2.23. The van der Waals surface area contributed by atoms with Crippen molar-refractivity contribution in [1.82, 2.24) is 5.32 Å². The van der Waals surface area contributed by atoms with E-state index in [1.54, 1.807) is 30.3 Å². The SMILES string of the molecule is O=C1C=C(NC(Cc2ccccc2)C(=O)Nc2cccc(F)c2)C(=O)c2ccccc21. The summed E-state index contributed by atoms with van der Waals surface area (Å²) in [6.45, 7) is 0. The van der Waals surface area contributed by atoms with Crippen LogP contribution in [-0.2, 0) is 11.2 Å². The Bertz CT molecular complexity index is 1190. The van der Waals surface area contributed by atoms with Crippen molar-refractivity contribution < 1.29 is 18.8 Å². The molecule has 0 saturated carbocycles. The van der Waals surface area contributed by atoms with Crippen LogP contribution in [0.25, 0.3) is 0 Å². The van der Waals surface area contributed by atoms with Crippen molar-refractivity contribution in [2.24, 2.45) is 0 Å². The minimum absolute atomic E-state index is 0.0547. The predicted octanol–water partition coefficient (Wildman–Crippen LogP) is 3.93. The van der Waals surface area contributed by atoms with Gasteiger partial charge in [0.15, 0.2) is 5.78 Å². The van der Waals surface area contributed by atoms with Gasteiger partial charge >= 0.3 is 0 Å². The number of hydrogen-bond acceptors (Lipinski definition) is 4. The number of amides is 1. The van der Waals surface area contributed by atoms with Crippen LogP contribution in [0.3, 0.4) is 0 Å². The molecule has 154 valence electrons. The Morgan fingerprint density at radius 3 is 2.32 bits per heavy atom. The van der Waals surface area contributed by atoms with Gasteiger partial charge in [0.25, 0.3) is 0 Å². The van der Waals surface area contributed by atoms with E-state index in [1.807, 2.05) is 30.3 Å². The first-order valence-corrected chi connectivity index (χ1v) is 9.78. The Morgan fingerprint density at radius 1 is 0.871 bits per heavy atom. The molecule has 0 radical (unpaired) electrons. The van der Waals surface area contributed by atoms with Crippen molar-refractivity contribution in [3.8, 4) is 0 Å². The van der Waals surface area contributed by atoms with Crippen LogP contribution in [0.1, 0.15) is 26.3 Å². The summed E-state index contributed by atoms with van der Waals surface area (Å²) in [5, 5.41) is 5.62. The molecule has 0 bridgehead atoms. The topological polar surface area (TPSA) is 75.3 Å². The molecule has 0 heterocycles. The normalized spacial score (nSPS) is 13.8. The van der Waals surface area contributed by atoms with Gasteiger partial charge in [-0.1, -0.05) is 60.7 Å². The quantitative estimate of drug-likeness (QED) is 0.641. The number of fused-ring (bicyclic) bond motifs is 1. The molecule has 0 spiro atoms. The fourth-order valence-corrected chi connectivity index (χ4v) is 3.47. The summed E-state index contributed by atoms with van der Waals surface area (Å²) < 4.78 is 13.5. The highest BCUT2D eigenvalue weighted by Gasteiger charge is 2.29. The van der Waals surface area contributed by atoms with E-state index >= 15 is 0 Å². The highest BCUT2D eigenvalue weighted by Crippen LogP contribution is 2.21. The number of ketones is 2. The average molecular weight is 414 g/mol. The third kappa shape index (κ3) is 4.59. The Labute approximate surface area is 178 Å². The molecule has 3 aromatic rings. The van der Waals surface area contributed by atoms with E-state index in [1.165, 1.54) is 24.3 Å². The minimum Gasteiger partial charge on any atom is -0.370 e. The number of anilines is 1. The molecule has 5 nitrogen and oxygen atoms in total. The lowest BCUT2D eigenvalue weighted by Crippen LogP contribution is -2.44. The first-order chi connectivity index (χ1) is 15.0. The average Bonchev–Trinajstić information content (AvgIpc) is 2.77. The van der Waals surface area contributed by atoms with Crippen LogP contribution in [0, 0.1) is 5.82 Å². The second-order valence-electron chi connectivity index (χ2n) is 7.18. The lowest BCUT2D eigenvalue weighted by atomic mass is 9.92. The summed E-state index contributed by atoms with van der Waals surface area (Å²) in [6, 6.07) is 20.5. The highest BCUT2D eigenvalue weighted by atomic mass is 19.1. The van der Waals surface area contributed by atoms with Crippen molar-refractivity contribution in [1.29, 1.82) is 0 Å². The van der Waals surface area contributed by atoms with E-state index in [2.05, 4.69) is 10.6 Å². The summed E-state index contributed by atoms with van der Waals surface area (Å²) in [6.07, 6.45) is 1.49. The molecule has 3 aromatic carbocycles. The van der Waals surface area contributed by atoms with Crippen LogP contribution in [-0.4, -0.2) is 23.5 Å². The molecule has 1 amide bonds. The van der Waals surface area contributed by atoms with Crippen LogP contribution in [0.5, 0.6) is 0 Å². The van der Waals surface area contributed by atoms with Crippen molar-refractivity contribution in [2.45, 2.75) is 12.5 Å². The molecule has 0 aliphatic heterocycles. The van der Waals surface area contributed by atoms with Gasteiger partial charge in [-0.3, -0.25) is 14.4 Å². The fraction of sp³-hybridized carbons (Fsp3) is 0.0800. The largest absolute Gasteiger partial charge is 0.370 e. The van der Waals surface area contributed by atoms with Crippen LogP contribution in [0.4, 0.5) is 10.1 Å². The summed E-state index contributed by atoms with van der Waals surface area (Å²) in [4.78, 5) is 38.4. The molecule has 2 N–H and O–H groups in total. The van der Waals surface area contributed by atoms with E-state index in [0.717, 1.165) is 5.56 Å². The first-order valence-electron chi connectivity index (χ1n) is 9.78. The maximum atomic E-state index is 13.5. The van der Waals surface area contributed by atoms with Gasteiger partial charge in [-0.25, -0.2) is 4.39 Å². The number of allylic oxidation sites excluding steroid dienone is 2. The van der Waals surface area contributed by atoms with Gasteiger partial charge in [0.05, 0.1) is 5.70 Å². The molecule has 0 aromatic heterocycles. The maximum absolute atomic E-state index is 13.5. The molecular formula is C25H19FN2O3. The zero-order valence-corrected chi connectivity index (χ0v) is 16.5. The van der Waals surface area contributed by atoms with Crippen LogP contribution >= 0.6 is 0 Å². The Kier molecular flexibility index (Phi) is 5.71. The van der Waals surface area contributed by atoms with Gasteiger partial charge in [-0.2, -0.15) is 0 Å². The molecule has 1 aliphatic rings. The first kappa shape index (κ1) is 20.2. The third-order valence-electron chi connectivity index (χ3n) is 4.98. The maximum Gasteiger partial charge on any atom is 0.247 e. The molecular weight excluding hydrogens is 395 g/mol. The number of nitrogens with one attached hydrogen (secondary N) is 2. The summed E-state index contributed by atoms with van der Waals surface area (Å²) in [5.41, 5.74) is 1.85. The molecule has 1 unspecified atom stereocenters. The number of carbonyl (C=O) groups is 3. The van der Waals surface area contributed by atoms with Gasteiger partial charge in [0, 0.05) is 29.3 Å². The summed E-state index contributed by atoms with van der Waals surface area (Å²) >= 11 is 0. The van der Waals surface area contributed by atoms with E-state index in [0.29, 0.717) is 16.8 Å². The van der Waals surface area contributed by atoms with E-state index < -0.39 is 17.8 Å². The van der Waals surface area contributed by atoms with Crippen molar-refractivity contribution in [2.75, 3.05) is 5.32 Å². The predicted molar refractivity (Wildman–Crippen MR) is 115 cm³/mol. The second-order valence-corrected chi connectivity index (χ2v) is 7.18. The number of halogens is 1. The fourth-order valence-electron chi connectivity index (χ4n) is 3.47. The summed E-state index contributed by atoms with van der Waals surface area (Å²) in [5.74, 6) is -1.58. The van der Waals surface area contributed by atoms with E-state index in [-0.39, 0.29) is 23.7 Å². The number of Topliss-reactive ketones (excluding diaryl/α,β-unsaturated/α-hetero) is 1. The van der Waals surface area contributed by atoms with Gasteiger partial charge in [-0.05, 0) is 23.8 Å². The van der Waals surface area contributed by atoms with Gasteiger partial charge < -0.3 is 10.6 Å². The number of carbonyl (C=O) groups excluding carboxylic acids is 3. The summed E-state index contributed by atoms with van der Waals surface area (Å²) in [7, 11) is 0. The van der Waals surface area contributed by atoms with Crippen LogP contribution in [0.2, 0.25) is 0 Å². The number of hydrogen-bond donors (Lipinski definition) is 2. The van der Waals surface area contributed by atoms with Gasteiger partial charge in [-0.15, -0.1) is 0 Å². The number of rotatable bonds is 6. The molecule has 4 rings (SSSR count). The zero-order chi connectivity index (χ0) is 21.8. The zero-order valence-electron chi connectivity index (χ0n) is 16.5. The molecule has 1 atom stereocenters. The van der Waals surface area contributed by atoms with Crippen molar-refractivity contribution in [3.63, 3.8) is 0 Å². The van der Waals surface area contributed by atoms with Crippen LogP contribution in [0.15, 0.2) is 90.6 Å². The van der Waals surface area contributed by atoms with Crippen molar-refractivity contribution >= 4 is 23.2 Å². The third-order valence-corrected chi connectivity index (χ3v) is 4.98. The minimum atomic E-state index is -0.862. The van der Waals surface area contributed by atoms with Gasteiger partial charge in [0.2, 0.25) is 11.7 Å². The molecule has 0 saturated heterocycles. The van der Waals surface area contributed by atoms with Crippen LogP contribution < -0.4 is 10.6 Å². The lowest BCUT2D eigenvalue weighted by molar-refractivity contribution is -0.117. The molecule has 31 heavy (non-hydrogen) atoms. The highest BCUT2D eigenvalue weighted by molar-refractivity contribution is 6.24. The Hall–Kier alpha value is -4.06. The smallest absolute Gasteiger partial charge is 0.247 e. The van der Waals surface area contributed by atoms with Gasteiger partial charge in [0.1, 0.15) is 11.9 Å². The van der Waals surface area contributed by atoms with Crippen molar-refractivity contribution in [3.05, 3.63) is 113 Å². The Balaban J connectivity index is 1.61. The van der Waals surface area contributed by atoms with E-state index in [9.17, 15) is 18.8 Å². The second kappa shape index (κ2) is 8.75. The standard InChI is InChI=1S/C25H19FN2O3/c26-17-9-6-10-18(14-17)27-25(31)22(13-16-7-2-1-3-8-16)28-21-15-23(29)19-11-4-5-12-20(19)24(21)30/h1-12,14-15,22,28H,13H2,(H,27,31). The number of benzene rings is 3. The molecule has 0 fully saturated rings. The molecule has 1 aliphatic carbocycles. The van der Waals surface area contributed by atoms with E-state index in [4.69, 9.17) is 0 Å². The monoisotopic (exact) mass is 414 g/mol. The molecule has 6 heteroatoms.